The van der Waals surface area contributed by atoms with Crippen molar-refractivity contribution in [1.29, 1.82) is 0 Å². The Hall–Kier alpha value is -4.14. The maximum Gasteiger partial charge on any atom is 0.255 e. The highest BCUT2D eigenvalue weighted by Gasteiger charge is 2.46. The number of aryl methyl sites for hydroxylation is 1. The Bertz CT molecular complexity index is 1330. The molecule has 4 N–H and O–H groups in total. The van der Waals surface area contributed by atoms with E-state index in [0.29, 0.717) is 40.6 Å². The van der Waals surface area contributed by atoms with Crippen LogP contribution in [0.5, 0.6) is 11.5 Å². The number of ketones is 1. The van der Waals surface area contributed by atoms with E-state index in [1.165, 1.54) is 7.11 Å². The van der Waals surface area contributed by atoms with Crippen molar-refractivity contribution >= 4 is 23.4 Å². The highest BCUT2D eigenvalue weighted by Crippen LogP contribution is 2.48. The second-order valence-corrected chi connectivity index (χ2v) is 10.2. The number of benzene rings is 1. The summed E-state index contributed by atoms with van der Waals surface area (Å²) in [4.78, 5) is 42.7. The number of amides is 2. The summed E-state index contributed by atoms with van der Waals surface area (Å²) in [6.45, 7) is 7.48. The number of nitrogens with one attached hydrogen (secondary N) is 2. The maximum absolute atomic E-state index is 13.7. The van der Waals surface area contributed by atoms with Crippen LogP contribution in [0.1, 0.15) is 44.2 Å². The van der Waals surface area contributed by atoms with Crippen molar-refractivity contribution < 1.29 is 23.9 Å². The fourth-order valence-corrected chi connectivity index (χ4v) is 5.06. The molecule has 0 bridgehead atoms. The van der Waals surface area contributed by atoms with Crippen LogP contribution < -0.4 is 25.8 Å². The van der Waals surface area contributed by atoms with Crippen molar-refractivity contribution in [1.82, 2.24) is 10.3 Å². The van der Waals surface area contributed by atoms with Gasteiger partial charge in [-0.1, -0.05) is 26.0 Å². The van der Waals surface area contributed by atoms with E-state index < -0.39 is 17.7 Å². The number of rotatable bonds is 7. The van der Waals surface area contributed by atoms with E-state index >= 15 is 0 Å². The highest BCUT2D eigenvalue weighted by atomic mass is 16.5. The Morgan fingerprint density at radius 2 is 1.92 bits per heavy atom. The first-order valence-electron chi connectivity index (χ1n) is 12.1. The Kier molecular flexibility index (Phi) is 7.07. The summed E-state index contributed by atoms with van der Waals surface area (Å²) in [5.41, 5.74) is 8.44. The van der Waals surface area contributed by atoms with Gasteiger partial charge in [0.25, 0.3) is 11.8 Å². The van der Waals surface area contributed by atoms with Crippen LogP contribution in [0.3, 0.4) is 0 Å². The largest absolute Gasteiger partial charge is 0.493 e. The molecule has 0 fully saturated rings. The molecule has 4 rings (SSSR count). The molecule has 9 nitrogen and oxygen atoms in total. The van der Waals surface area contributed by atoms with Crippen LogP contribution in [-0.4, -0.2) is 36.3 Å². The molecule has 0 saturated carbocycles. The minimum Gasteiger partial charge on any atom is -0.493 e. The van der Waals surface area contributed by atoms with Gasteiger partial charge in [0.2, 0.25) is 0 Å². The molecule has 9 heteroatoms. The van der Waals surface area contributed by atoms with E-state index in [0.717, 1.165) is 11.3 Å². The molecule has 2 atom stereocenters. The number of carbonyl (C=O) groups is 3. The monoisotopic (exact) mass is 504 g/mol. The second kappa shape index (κ2) is 10.1. The first-order chi connectivity index (χ1) is 17.5. The molecule has 0 spiro atoms. The third-order valence-electron chi connectivity index (χ3n) is 6.56. The lowest BCUT2D eigenvalue weighted by Crippen LogP contribution is -2.44. The fraction of sp³-hybridized carbons (Fsp3) is 0.357. The van der Waals surface area contributed by atoms with E-state index in [4.69, 9.17) is 15.2 Å². The Morgan fingerprint density at radius 1 is 1.16 bits per heavy atom. The molecule has 37 heavy (non-hydrogen) atoms. The lowest BCUT2D eigenvalue weighted by molar-refractivity contribution is -0.124. The molecular weight excluding hydrogens is 472 g/mol. The van der Waals surface area contributed by atoms with Crippen molar-refractivity contribution in [2.75, 3.05) is 19.0 Å². The predicted octanol–water partition coefficient (Wildman–Crippen LogP) is 3.36. The van der Waals surface area contributed by atoms with Crippen molar-refractivity contribution in [3.05, 3.63) is 70.7 Å². The van der Waals surface area contributed by atoms with Crippen LogP contribution in [0, 0.1) is 18.3 Å². The Balaban J connectivity index is 1.82. The number of aromatic nitrogens is 1. The third-order valence-corrected chi connectivity index (χ3v) is 6.56. The first kappa shape index (κ1) is 25.9. The number of Topliss-reactive ketones (excluding diaryl/α,β-unsaturated/α-hetero) is 1. The lowest BCUT2D eigenvalue weighted by Gasteiger charge is -2.41. The summed E-state index contributed by atoms with van der Waals surface area (Å²) in [7, 11) is 1.48. The number of hydrogen-bond acceptors (Lipinski definition) is 7. The fourth-order valence-electron chi connectivity index (χ4n) is 5.06. The van der Waals surface area contributed by atoms with Crippen LogP contribution in [0.4, 0.5) is 5.82 Å². The Labute approximate surface area is 216 Å². The number of ether oxygens (including phenoxy) is 2. The topological polar surface area (TPSA) is 133 Å². The average Bonchev–Trinajstić information content (AvgIpc) is 2.80. The van der Waals surface area contributed by atoms with Gasteiger partial charge in [-0.2, -0.15) is 0 Å². The standard InChI is InChI=1S/C28H32N4O5/c1-15-8-9-30-23(10-15)32-27(35)24-16(2)31-18-12-28(3,4)13-19(33)26(18)25(24)17-6-7-20(21(11-17)36-5)37-14-22(29)34/h6-12,25-26,31H,13-14H2,1-5H3,(H2,29,34)(H,30,32,35). The van der Waals surface area contributed by atoms with Crippen LogP contribution >= 0.6 is 0 Å². The molecule has 2 heterocycles. The van der Waals surface area contributed by atoms with E-state index in [-0.39, 0.29) is 23.7 Å². The zero-order valence-corrected chi connectivity index (χ0v) is 21.7. The molecule has 1 aromatic heterocycles. The maximum atomic E-state index is 13.7. The van der Waals surface area contributed by atoms with E-state index in [1.54, 1.807) is 30.5 Å². The molecule has 2 aliphatic rings. The van der Waals surface area contributed by atoms with Gasteiger partial charge >= 0.3 is 0 Å². The average molecular weight is 505 g/mol. The minimum atomic E-state index is -0.614. The Morgan fingerprint density at radius 3 is 2.59 bits per heavy atom. The summed E-state index contributed by atoms with van der Waals surface area (Å²) < 4.78 is 11.0. The van der Waals surface area contributed by atoms with Gasteiger partial charge in [-0.05, 0) is 54.7 Å². The van der Waals surface area contributed by atoms with Gasteiger partial charge in [0.05, 0.1) is 13.0 Å². The lowest BCUT2D eigenvalue weighted by atomic mass is 9.66. The molecule has 0 radical (unpaired) electrons. The van der Waals surface area contributed by atoms with Crippen molar-refractivity contribution in [3.63, 3.8) is 0 Å². The summed E-state index contributed by atoms with van der Waals surface area (Å²) in [5.74, 6) is -0.959. The number of anilines is 1. The zero-order chi connectivity index (χ0) is 26.9. The SMILES string of the molecule is COc1cc(C2C(C(=O)Nc3cc(C)ccn3)=C(C)NC3=CC(C)(C)CC(=O)C32)ccc1OCC(N)=O. The van der Waals surface area contributed by atoms with Gasteiger partial charge in [0, 0.05) is 35.5 Å². The van der Waals surface area contributed by atoms with Crippen LogP contribution in [0.15, 0.2) is 59.6 Å². The summed E-state index contributed by atoms with van der Waals surface area (Å²) in [6.07, 6.45) is 4.06. The number of nitrogens with zero attached hydrogens (tertiary/aromatic N) is 1. The number of pyridine rings is 1. The normalized spacial score (nSPS) is 20.4. The number of fused-ring (bicyclic) bond motifs is 1. The minimum absolute atomic E-state index is 0.0412. The van der Waals surface area contributed by atoms with Gasteiger partial charge in [0.15, 0.2) is 18.1 Å². The molecule has 0 saturated heterocycles. The van der Waals surface area contributed by atoms with Crippen LogP contribution in [-0.2, 0) is 14.4 Å². The second-order valence-electron chi connectivity index (χ2n) is 10.2. The summed E-state index contributed by atoms with van der Waals surface area (Å²) in [5, 5.41) is 6.23. The van der Waals surface area contributed by atoms with E-state index in [2.05, 4.69) is 21.7 Å². The molecule has 2 aromatic rings. The molecule has 1 aliphatic carbocycles. The number of carbonyl (C=O) groups excluding carboxylic acids is 3. The molecular formula is C28H32N4O5. The number of hydrogen-bond donors (Lipinski definition) is 3. The number of primary amides is 1. The van der Waals surface area contributed by atoms with Crippen molar-refractivity contribution in [3.8, 4) is 11.5 Å². The smallest absolute Gasteiger partial charge is 0.255 e. The molecule has 1 aliphatic heterocycles. The molecule has 2 amide bonds. The summed E-state index contributed by atoms with van der Waals surface area (Å²) >= 11 is 0. The van der Waals surface area contributed by atoms with Gasteiger partial charge < -0.3 is 25.8 Å². The molecule has 1 aromatic carbocycles. The third kappa shape index (κ3) is 5.50. The number of methoxy groups -OCH3 is 1. The van der Waals surface area contributed by atoms with E-state index in [1.807, 2.05) is 33.8 Å². The van der Waals surface area contributed by atoms with Crippen LogP contribution in [0.2, 0.25) is 0 Å². The van der Waals surface area contributed by atoms with Crippen molar-refractivity contribution in [2.24, 2.45) is 17.1 Å². The molecule has 2 unspecified atom stereocenters. The predicted molar refractivity (Wildman–Crippen MR) is 139 cm³/mol. The van der Waals surface area contributed by atoms with Crippen LogP contribution in [0.25, 0.3) is 0 Å². The van der Waals surface area contributed by atoms with E-state index in [9.17, 15) is 14.4 Å². The van der Waals surface area contributed by atoms with Gasteiger partial charge in [0.1, 0.15) is 11.6 Å². The number of nitrogens with two attached hydrogens (primary N) is 1. The quantitative estimate of drug-likeness (QED) is 0.527. The van der Waals surface area contributed by atoms with Gasteiger partial charge in [-0.15, -0.1) is 0 Å². The van der Waals surface area contributed by atoms with Gasteiger partial charge in [-0.25, -0.2) is 4.98 Å². The zero-order valence-electron chi connectivity index (χ0n) is 21.7. The summed E-state index contributed by atoms with van der Waals surface area (Å²) in [6, 6.07) is 8.81. The van der Waals surface area contributed by atoms with Gasteiger partial charge in [-0.3, -0.25) is 14.4 Å². The molecule has 194 valence electrons. The highest BCUT2D eigenvalue weighted by molar-refractivity contribution is 6.06. The number of allylic oxidation sites excluding steroid dienone is 3. The first-order valence-corrected chi connectivity index (χ1v) is 12.1. The van der Waals surface area contributed by atoms with Crippen molar-refractivity contribution in [2.45, 2.75) is 40.0 Å².